The SMILES string of the molecule is COC(=O)/C=C/CNC1CCNCC1. The fourth-order valence-electron chi connectivity index (χ4n) is 1.48. The standard InChI is InChI=1S/C10H18N2O2/c1-14-10(13)3-2-6-12-9-4-7-11-8-5-9/h2-3,9,11-12H,4-8H2,1H3/b3-2+. The Hall–Kier alpha value is -0.870. The number of rotatable bonds is 4. The van der Waals surface area contributed by atoms with Crippen LogP contribution < -0.4 is 10.6 Å². The van der Waals surface area contributed by atoms with Crippen molar-refractivity contribution in [1.82, 2.24) is 10.6 Å². The van der Waals surface area contributed by atoms with Gasteiger partial charge < -0.3 is 15.4 Å². The molecule has 1 aliphatic heterocycles. The Kier molecular flexibility index (Phi) is 5.25. The predicted octanol–water partition coefficient (Wildman–Crippen LogP) is 0.0572. The summed E-state index contributed by atoms with van der Waals surface area (Å²) in [4.78, 5) is 10.7. The predicted molar refractivity (Wildman–Crippen MR) is 55.1 cm³/mol. The van der Waals surface area contributed by atoms with Crippen molar-refractivity contribution in [2.45, 2.75) is 18.9 Å². The van der Waals surface area contributed by atoms with E-state index in [1.165, 1.54) is 13.2 Å². The fourth-order valence-corrected chi connectivity index (χ4v) is 1.48. The number of carbonyl (C=O) groups excluding carboxylic acids is 1. The molecular formula is C10H18N2O2. The molecule has 0 aliphatic carbocycles. The van der Waals surface area contributed by atoms with Gasteiger partial charge in [-0.15, -0.1) is 0 Å². The lowest BCUT2D eigenvalue weighted by Gasteiger charge is -2.22. The number of carbonyl (C=O) groups is 1. The topological polar surface area (TPSA) is 50.4 Å². The van der Waals surface area contributed by atoms with E-state index in [9.17, 15) is 4.79 Å². The molecule has 0 unspecified atom stereocenters. The van der Waals surface area contributed by atoms with E-state index < -0.39 is 0 Å². The lowest BCUT2D eigenvalue weighted by molar-refractivity contribution is -0.134. The van der Waals surface area contributed by atoms with E-state index >= 15 is 0 Å². The first-order valence-corrected chi connectivity index (χ1v) is 5.01. The van der Waals surface area contributed by atoms with Crippen LogP contribution in [0, 0.1) is 0 Å². The number of ether oxygens (including phenoxy) is 1. The van der Waals surface area contributed by atoms with Gasteiger partial charge in [0.05, 0.1) is 7.11 Å². The van der Waals surface area contributed by atoms with Gasteiger partial charge in [0.2, 0.25) is 0 Å². The molecule has 0 aromatic rings. The molecule has 0 radical (unpaired) electrons. The van der Waals surface area contributed by atoms with Crippen LogP contribution in [0.15, 0.2) is 12.2 Å². The van der Waals surface area contributed by atoms with Gasteiger partial charge in [0.1, 0.15) is 0 Å². The van der Waals surface area contributed by atoms with E-state index in [0.717, 1.165) is 32.5 Å². The van der Waals surface area contributed by atoms with Crippen LogP contribution in [0.5, 0.6) is 0 Å². The van der Waals surface area contributed by atoms with Crippen LogP contribution in [-0.4, -0.2) is 38.8 Å². The van der Waals surface area contributed by atoms with E-state index in [1.54, 1.807) is 6.08 Å². The Morgan fingerprint density at radius 3 is 2.93 bits per heavy atom. The lowest BCUT2D eigenvalue weighted by Crippen LogP contribution is -2.39. The molecule has 1 fully saturated rings. The molecule has 1 heterocycles. The van der Waals surface area contributed by atoms with Gasteiger partial charge in [0, 0.05) is 18.7 Å². The maximum Gasteiger partial charge on any atom is 0.330 e. The Balaban J connectivity index is 2.07. The van der Waals surface area contributed by atoms with Crippen LogP contribution in [0.2, 0.25) is 0 Å². The van der Waals surface area contributed by atoms with Gasteiger partial charge in [-0.2, -0.15) is 0 Å². The second-order valence-electron chi connectivity index (χ2n) is 3.36. The van der Waals surface area contributed by atoms with Gasteiger partial charge in [-0.3, -0.25) is 0 Å². The third-order valence-electron chi connectivity index (χ3n) is 2.32. The molecule has 1 rings (SSSR count). The summed E-state index contributed by atoms with van der Waals surface area (Å²) in [5, 5.41) is 6.67. The molecule has 14 heavy (non-hydrogen) atoms. The molecule has 1 aliphatic rings. The van der Waals surface area contributed by atoms with Crippen LogP contribution in [0.25, 0.3) is 0 Å². The van der Waals surface area contributed by atoms with Crippen LogP contribution in [0.3, 0.4) is 0 Å². The van der Waals surface area contributed by atoms with Gasteiger partial charge in [-0.25, -0.2) is 4.79 Å². The first-order valence-electron chi connectivity index (χ1n) is 5.01. The zero-order valence-electron chi connectivity index (χ0n) is 8.58. The summed E-state index contributed by atoms with van der Waals surface area (Å²) in [6, 6.07) is 0.582. The van der Waals surface area contributed by atoms with Crippen molar-refractivity contribution >= 4 is 5.97 Å². The number of nitrogens with one attached hydrogen (secondary N) is 2. The highest BCUT2D eigenvalue weighted by Gasteiger charge is 2.10. The highest BCUT2D eigenvalue weighted by molar-refractivity contribution is 5.81. The van der Waals surface area contributed by atoms with Crippen molar-refractivity contribution in [3.05, 3.63) is 12.2 Å². The van der Waals surface area contributed by atoms with Crippen LogP contribution >= 0.6 is 0 Å². The molecule has 0 bridgehead atoms. The van der Waals surface area contributed by atoms with Gasteiger partial charge >= 0.3 is 5.97 Å². The van der Waals surface area contributed by atoms with Crippen molar-refractivity contribution in [1.29, 1.82) is 0 Å². The maximum atomic E-state index is 10.7. The molecular weight excluding hydrogens is 180 g/mol. The fraction of sp³-hybridized carbons (Fsp3) is 0.700. The maximum absolute atomic E-state index is 10.7. The normalized spacial score (nSPS) is 18.6. The first-order chi connectivity index (χ1) is 6.83. The van der Waals surface area contributed by atoms with E-state index in [4.69, 9.17) is 0 Å². The molecule has 0 spiro atoms. The summed E-state index contributed by atoms with van der Waals surface area (Å²) in [5.74, 6) is -0.294. The Morgan fingerprint density at radius 1 is 1.57 bits per heavy atom. The quantitative estimate of drug-likeness (QED) is 0.495. The second-order valence-corrected chi connectivity index (χ2v) is 3.36. The summed E-state index contributed by atoms with van der Waals surface area (Å²) in [6.45, 7) is 2.90. The van der Waals surface area contributed by atoms with Crippen molar-refractivity contribution in [3.63, 3.8) is 0 Å². The molecule has 0 saturated carbocycles. The van der Waals surface area contributed by atoms with Gasteiger partial charge in [0.15, 0.2) is 0 Å². The molecule has 80 valence electrons. The minimum absolute atomic E-state index is 0.294. The monoisotopic (exact) mass is 198 g/mol. The average molecular weight is 198 g/mol. The van der Waals surface area contributed by atoms with Crippen LogP contribution in [-0.2, 0) is 9.53 Å². The number of esters is 1. The van der Waals surface area contributed by atoms with E-state index in [0.29, 0.717) is 6.04 Å². The highest BCUT2D eigenvalue weighted by Crippen LogP contribution is 2.00. The van der Waals surface area contributed by atoms with Gasteiger partial charge in [0.25, 0.3) is 0 Å². The van der Waals surface area contributed by atoms with Crippen molar-refractivity contribution in [2.75, 3.05) is 26.7 Å². The van der Waals surface area contributed by atoms with Crippen LogP contribution in [0.4, 0.5) is 0 Å². The molecule has 4 heteroatoms. The highest BCUT2D eigenvalue weighted by atomic mass is 16.5. The van der Waals surface area contributed by atoms with Gasteiger partial charge in [-0.05, 0) is 25.9 Å². The van der Waals surface area contributed by atoms with E-state index in [-0.39, 0.29) is 5.97 Å². The average Bonchev–Trinajstić information content (AvgIpc) is 2.25. The zero-order chi connectivity index (χ0) is 10.2. The summed E-state index contributed by atoms with van der Waals surface area (Å²) >= 11 is 0. The molecule has 4 nitrogen and oxygen atoms in total. The summed E-state index contributed by atoms with van der Waals surface area (Å²) in [6.07, 6.45) is 5.57. The minimum atomic E-state index is -0.294. The van der Waals surface area contributed by atoms with E-state index in [1.807, 2.05) is 0 Å². The number of methoxy groups -OCH3 is 1. The number of piperidine rings is 1. The minimum Gasteiger partial charge on any atom is -0.466 e. The molecule has 0 atom stereocenters. The van der Waals surface area contributed by atoms with Crippen molar-refractivity contribution in [2.24, 2.45) is 0 Å². The first kappa shape index (κ1) is 11.2. The Bertz CT molecular complexity index is 198. The summed E-state index contributed by atoms with van der Waals surface area (Å²) in [7, 11) is 1.38. The zero-order valence-corrected chi connectivity index (χ0v) is 8.58. The van der Waals surface area contributed by atoms with Crippen molar-refractivity contribution in [3.8, 4) is 0 Å². The Morgan fingerprint density at radius 2 is 2.29 bits per heavy atom. The summed E-state index contributed by atoms with van der Waals surface area (Å²) in [5.41, 5.74) is 0. The molecule has 2 N–H and O–H groups in total. The van der Waals surface area contributed by atoms with Crippen LogP contribution in [0.1, 0.15) is 12.8 Å². The molecule has 1 saturated heterocycles. The largest absolute Gasteiger partial charge is 0.466 e. The molecule has 0 aromatic heterocycles. The summed E-state index contributed by atoms with van der Waals surface area (Å²) < 4.78 is 4.48. The third-order valence-corrected chi connectivity index (χ3v) is 2.32. The number of hydrogen-bond acceptors (Lipinski definition) is 4. The van der Waals surface area contributed by atoms with Crippen molar-refractivity contribution < 1.29 is 9.53 Å². The smallest absolute Gasteiger partial charge is 0.330 e. The van der Waals surface area contributed by atoms with E-state index in [2.05, 4.69) is 15.4 Å². The molecule has 0 aromatic carbocycles. The van der Waals surface area contributed by atoms with Gasteiger partial charge in [-0.1, -0.05) is 6.08 Å². The lowest BCUT2D eigenvalue weighted by atomic mass is 10.1. The number of hydrogen-bond donors (Lipinski definition) is 2. The third kappa shape index (κ3) is 4.39. The second kappa shape index (κ2) is 6.56. The Labute approximate surface area is 84.7 Å². The molecule has 0 amide bonds.